The lowest BCUT2D eigenvalue weighted by atomic mass is 10.2. The van der Waals surface area contributed by atoms with Crippen molar-refractivity contribution in [2.24, 2.45) is 0 Å². The quantitative estimate of drug-likeness (QED) is 0.548. The van der Waals surface area contributed by atoms with Gasteiger partial charge in [-0.15, -0.1) is 0 Å². The van der Waals surface area contributed by atoms with Crippen LogP contribution >= 0.6 is 0 Å². The van der Waals surface area contributed by atoms with Gasteiger partial charge in [-0.3, -0.25) is 9.50 Å². The Morgan fingerprint density at radius 2 is 2.50 bits per heavy atom. The Morgan fingerprint density at radius 1 is 1.80 bits per heavy atom. The van der Waals surface area contributed by atoms with E-state index < -0.39 is 0 Å². The van der Waals surface area contributed by atoms with E-state index in [-0.39, 0.29) is 18.1 Å². The first-order chi connectivity index (χ1) is 4.34. The average Bonchev–Trinajstić information content (AvgIpc) is 2.37. The lowest BCUT2D eigenvalue weighted by Gasteiger charge is -2.04. The fourth-order valence-corrected chi connectivity index (χ4v) is 1.03. The smallest absolute Gasteiger partial charge is 0.322 e. The van der Waals surface area contributed by atoms with Crippen LogP contribution in [0.2, 0.25) is 0 Å². The highest BCUT2D eigenvalue weighted by molar-refractivity contribution is 5.75. The molecule has 0 aromatic rings. The van der Waals surface area contributed by atoms with Gasteiger partial charge in [0.2, 0.25) is 0 Å². The molecule has 0 bridgehead atoms. The van der Waals surface area contributed by atoms with Crippen molar-refractivity contribution < 1.29 is 15.7 Å². The Kier molecular flexibility index (Phi) is 3.95. The van der Waals surface area contributed by atoms with E-state index >= 15 is 0 Å². The SMILES string of the molecule is COC(=O)[C@@H]1CCCN1.F.[HH]. The molecular formula is C6H14FNO2. The number of hydrogen-bond donors (Lipinski definition) is 1. The second-order valence-electron chi connectivity index (χ2n) is 2.17. The minimum atomic E-state index is -0.132. The Balaban J connectivity index is 0. The number of esters is 1. The molecule has 1 aliphatic rings. The molecule has 1 aliphatic heterocycles. The summed E-state index contributed by atoms with van der Waals surface area (Å²) in [5.41, 5.74) is 0. The second-order valence-corrected chi connectivity index (χ2v) is 2.17. The van der Waals surface area contributed by atoms with Gasteiger partial charge in [0, 0.05) is 1.43 Å². The number of ether oxygens (including phenoxy) is 1. The molecule has 1 atom stereocenters. The molecule has 0 aliphatic carbocycles. The van der Waals surface area contributed by atoms with Crippen LogP contribution in [0.15, 0.2) is 0 Å². The van der Waals surface area contributed by atoms with Crippen molar-refractivity contribution in [1.82, 2.24) is 5.32 Å². The molecule has 62 valence electrons. The summed E-state index contributed by atoms with van der Waals surface area (Å²) in [6.45, 7) is 0.944. The summed E-state index contributed by atoms with van der Waals surface area (Å²) in [6.07, 6.45) is 2.01. The van der Waals surface area contributed by atoms with E-state index in [1.807, 2.05) is 0 Å². The van der Waals surface area contributed by atoms with Crippen molar-refractivity contribution in [1.29, 1.82) is 0 Å². The highest BCUT2D eigenvalue weighted by Crippen LogP contribution is 2.05. The molecule has 4 heteroatoms. The first-order valence-corrected chi connectivity index (χ1v) is 3.16. The Morgan fingerprint density at radius 3 is 2.90 bits per heavy atom. The molecule has 1 heterocycles. The van der Waals surface area contributed by atoms with Crippen LogP contribution in [-0.2, 0) is 9.53 Å². The third kappa shape index (κ3) is 1.95. The van der Waals surface area contributed by atoms with Gasteiger partial charge in [-0.05, 0) is 19.4 Å². The normalized spacial score (nSPS) is 23.5. The van der Waals surface area contributed by atoms with Crippen LogP contribution in [0.5, 0.6) is 0 Å². The van der Waals surface area contributed by atoms with Crippen molar-refractivity contribution in [3.05, 3.63) is 0 Å². The van der Waals surface area contributed by atoms with Gasteiger partial charge in [-0.25, -0.2) is 0 Å². The molecule has 0 unspecified atom stereocenters. The van der Waals surface area contributed by atoms with Gasteiger partial charge in [0.25, 0.3) is 0 Å². The maximum absolute atomic E-state index is 10.7. The molecular weight excluding hydrogens is 137 g/mol. The van der Waals surface area contributed by atoms with E-state index in [9.17, 15) is 4.79 Å². The minimum absolute atomic E-state index is 0. The number of nitrogens with one attached hydrogen (secondary N) is 1. The van der Waals surface area contributed by atoms with Crippen molar-refractivity contribution in [2.75, 3.05) is 13.7 Å². The van der Waals surface area contributed by atoms with Crippen molar-refractivity contribution in [3.63, 3.8) is 0 Å². The van der Waals surface area contributed by atoms with Crippen LogP contribution in [-0.4, -0.2) is 25.7 Å². The van der Waals surface area contributed by atoms with Gasteiger partial charge in [-0.1, -0.05) is 0 Å². The summed E-state index contributed by atoms with van der Waals surface area (Å²) in [4.78, 5) is 10.7. The topological polar surface area (TPSA) is 38.3 Å². The van der Waals surface area contributed by atoms with Gasteiger partial charge in [-0.2, -0.15) is 0 Å². The summed E-state index contributed by atoms with van der Waals surface area (Å²) in [5, 5.41) is 3.03. The second kappa shape index (κ2) is 4.22. The first kappa shape index (κ1) is 9.36. The van der Waals surface area contributed by atoms with Crippen molar-refractivity contribution in [2.45, 2.75) is 18.9 Å². The maximum atomic E-state index is 10.7. The van der Waals surface area contributed by atoms with Crippen LogP contribution in [0.4, 0.5) is 4.70 Å². The standard InChI is InChI=1S/C6H11NO2.FH.H2/c1-9-6(8)5-3-2-4-7-5;;/h5,7H,2-4H2,1H3;2*1H/t5-;;/m0../s1. The molecule has 0 amide bonds. The Bertz CT molecular complexity index is 117. The van der Waals surface area contributed by atoms with Gasteiger partial charge >= 0.3 is 5.97 Å². The third-order valence-electron chi connectivity index (χ3n) is 1.55. The van der Waals surface area contributed by atoms with Gasteiger partial charge < -0.3 is 10.1 Å². The number of halogens is 1. The van der Waals surface area contributed by atoms with E-state index in [0.717, 1.165) is 19.4 Å². The van der Waals surface area contributed by atoms with Gasteiger partial charge in [0.05, 0.1) is 7.11 Å². The van der Waals surface area contributed by atoms with E-state index in [0.29, 0.717) is 0 Å². The monoisotopic (exact) mass is 151 g/mol. The van der Waals surface area contributed by atoms with Crippen LogP contribution in [0.25, 0.3) is 0 Å². The highest BCUT2D eigenvalue weighted by Gasteiger charge is 2.21. The predicted molar refractivity (Wildman–Crippen MR) is 37.7 cm³/mol. The van der Waals surface area contributed by atoms with E-state index in [4.69, 9.17) is 0 Å². The lowest BCUT2D eigenvalue weighted by molar-refractivity contribution is -0.142. The zero-order valence-corrected chi connectivity index (χ0v) is 5.92. The Labute approximate surface area is 60.6 Å². The maximum Gasteiger partial charge on any atom is 0.322 e. The summed E-state index contributed by atoms with van der Waals surface area (Å²) in [6, 6.07) is -0.0324. The van der Waals surface area contributed by atoms with Crippen LogP contribution in [0.1, 0.15) is 14.3 Å². The summed E-state index contributed by atoms with van der Waals surface area (Å²) in [5.74, 6) is -0.132. The molecule has 1 saturated heterocycles. The molecule has 1 N–H and O–H groups in total. The number of carbonyl (C=O) groups is 1. The van der Waals surface area contributed by atoms with Crippen LogP contribution in [0, 0.1) is 0 Å². The van der Waals surface area contributed by atoms with E-state index in [1.165, 1.54) is 7.11 Å². The third-order valence-corrected chi connectivity index (χ3v) is 1.55. The average molecular weight is 151 g/mol. The Hall–Kier alpha value is -0.640. The van der Waals surface area contributed by atoms with Crippen molar-refractivity contribution in [3.8, 4) is 0 Å². The molecule has 0 aromatic carbocycles. The zero-order chi connectivity index (χ0) is 6.69. The fourth-order valence-electron chi connectivity index (χ4n) is 1.03. The van der Waals surface area contributed by atoms with Crippen LogP contribution < -0.4 is 5.32 Å². The lowest BCUT2D eigenvalue weighted by Crippen LogP contribution is -2.31. The largest absolute Gasteiger partial charge is 0.468 e. The summed E-state index contributed by atoms with van der Waals surface area (Å²) < 4.78 is 4.53. The summed E-state index contributed by atoms with van der Waals surface area (Å²) >= 11 is 0. The number of hydrogen-bond acceptors (Lipinski definition) is 3. The first-order valence-electron chi connectivity index (χ1n) is 3.16. The zero-order valence-electron chi connectivity index (χ0n) is 5.92. The molecule has 3 nitrogen and oxygen atoms in total. The minimum Gasteiger partial charge on any atom is -0.468 e. The fraction of sp³-hybridized carbons (Fsp3) is 0.833. The predicted octanol–water partition coefficient (Wildman–Crippen LogP) is 0.310. The molecule has 1 fully saturated rings. The molecule has 1 rings (SSSR count). The van der Waals surface area contributed by atoms with Crippen LogP contribution in [0.3, 0.4) is 0 Å². The molecule has 0 spiro atoms. The highest BCUT2D eigenvalue weighted by atomic mass is 19.0. The molecule has 0 radical (unpaired) electrons. The number of methoxy groups -OCH3 is 1. The van der Waals surface area contributed by atoms with E-state index in [2.05, 4.69) is 10.1 Å². The van der Waals surface area contributed by atoms with E-state index in [1.54, 1.807) is 0 Å². The number of carbonyl (C=O) groups excluding carboxylic acids is 1. The molecule has 10 heavy (non-hydrogen) atoms. The van der Waals surface area contributed by atoms with Crippen molar-refractivity contribution >= 4 is 5.97 Å². The van der Waals surface area contributed by atoms with Gasteiger partial charge in [0.1, 0.15) is 6.04 Å². The summed E-state index contributed by atoms with van der Waals surface area (Å²) in [7, 11) is 1.42. The van der Waals surface area contributed by atoms with Gasteiger partial charge in [0.15, 0.2) is 0 Å². The molecule has 0 aromatic heterocycles. The molecule has 0 saturated carbocycles. The number of rotatable bonds is 1.